The third kappa shape index (κ3) is 8.44. The summed E-state index contributed by atoms with van der Waals surface area (Å²) in [6, 6.07) is 9.25. The van der Waals surface area contributed by atoms with Gasteiger partial charge in [0, 0.05) is 30.9 Å². The number of carbonyl (C=O) groups excluding carboxylic acids is 1. The van der Waals surface area contributed by atoms with Gasteiger partial charge in [-0.15, -0.1) is 24.0 Å². The average molecular weight is 527 g/mol. The first-order valence-electron chi connectivity index (χ1n) is 9.64. The maximum Gasteiger partial charge on any atom is 0.227 e. The minimum Gasteiger partial charge on any atom is -0.493 e. The van der Waals surface area contributed by atoms with Crippen molar-refractivity contribution in [1.82, 2.24) is 10.3 Å². The highest BCUT2D eigenvalue weighted by molar-refractivity contribution is 14.0. The van der Waals surface area contributed by atoms with Gasteiger partial charge < -0.3 is 25.4 Å². The molecule has 0 aliphatic carbocycles. The standard InChI is InChI=1S/C21H29N5O3.HI/c1-5-22-21(25-16-8-9-17(29-6-2)18(13-16)28-4)23-12-11-20(27)26-19-10-7-15(3)14-24-19;/h7-10,13-14H,5-6,11-12H2,1-4H3,(H2,22,23,25)(H,24,26,27);1H. The Kier molecular flexibility index (Phi) is 11.6. The van der Waals surface area contributed by atoms with E-state index in [1.54, 1.807) is 19.4 Å². The summed E-state index contributed by atoms with van der Waals surface area (Å²) in [6.45, 7) is 7.44. The minimum atomic E-state index is -0.135. The number of aromatic nitrogens is 1. The number of aryl methyl sites for hydroxylation is 1. The van der Waals surface area contributed by atoms with Crippen LogP contribution in [0.15, 0.2) is 41.5 Å². The van der Waals surface area contributed by atoms with Crippen molar-refractivity contribution in [3.05, 3.63) is 42.1 Å². The fraction of sp³-hybridized carbons (Fsp3) is 0.381. The van der Waals surface area contributed by atoms with E-state index in [1.165, 1.54) is 0 Å². The quantitative estimate of drug-likeness (QED) is 0.261. The van der Waals surface area contributed by atoms with Crippen LogP contribution in [0.3, 0.4) is 0 Å². The van der Waals surface area contributed by atoms with Gasteiger partial charge in [-0.25, -0.2) is 4.98 Å². The summed E-state index contributed by atoms with van der Waals surface area (Å²) in [6.07, 6.45) is 1.96. The van der Waals surface area contributed by atoms with Crippen molar-refractivity contribution >= 4 is 47.3 Å². The largest absolute Gasteiger partial charge is 0.493 e. The summed E-state index contributed by atoms with van der Waals surface area (Å²) >= 11 is 0. The normalized spacial score (nSPS) is 10.6. The van der Waals surface area contributed by atoms with Gasteiger partial charge >= 0.3 is 0 Å². The van der Waals surface area contributed by atoms with E-state index in [0.717, 1.165) is 11.3 Å². The summed E-state index contributed by atoms with van der Waals surface area (Å²) in [7, 11) is 1.60. The third-order valence-corrected chi connectivity index (χ3v) is 3.86. The topological polar surface area (TPSA) is 96.9 Å². The lowest BCUT2D eigenvalue weighted by Crippen LogP contribution is -2.31. The van der Waals surface area contributed by atoms with Crippen LogP contribution in [0, 0.1) is 6.92 Å². The molecule has 2 rings (SSSR count). The van der Waals surface area contributed by atoms with E-state index in [4.69, 9.17) is 9.47 Å². The number of methoxy groups -OCH3 is 1. The smallest absolute Gasteiger partial charge is 0.227 e. The van der Waals surface area contributed by atoms with Crippen molar-refractivity contribution in [2.75, 3.05) is 37.4 Å². The van der Waals surface area contributed by atoms with Crippen LogP contribution in [0.2, 0.25) is 0 Å². The van der Waals surface area contributed by atoms with Gasteiger partial charge in [-0.2, -0.15) is 0 Å². The van der Waals surface area contributed by atoms with Gasteiger partial charge in [-0.05, 0) is 44.5 Å². The molecule has 2 aromatic rings. The van der Waals surface area contributed by atoms with Gasteiger partial charge in [0.05, 0.1) is 20.3 Å². The summed E-state index contributed by atoms with van der Waals surface area (Å²) in [5, 5.41) is 9.14. The number of benzene rings is 1. The molecule has 0 spiro atoms. The number of amides is 1. The summed E-state index contributed by atoms with van der Waals surface area (Å²) < 4.78 is 10.9. The number of ether oxygens (including phenoxy) is 2. The fourth-order valence-corrected chi connectivity index (χ4v) is 2.48. The zero-order chi connectivity index (χ0) is 21.1. The van der Waals surface area contributed by atoms with Crippen LogP contribution in [0.4, 0.5) is 11.5 Å². The number of aliphatic imine (C=N–C) groups is 1. The molecule has 0 radical (unpaired) electrons. The second-order valence-corrected chi connectivity index (χ2v) is 6.20. The summed E-state index contributed by atoms with van der Waals surface area (Å²) in [5.74, 6) is 2.31. The Bertz CT molecular complexity index is 828. The number of pyridine rings is 1. The molecule has 0 aliphatic rings. The van der Waals surface area contributed by atoms with Crippen LogP contribution in [-0.2, 0) is 4.79 Å². The van der Waals surface area contributed by atoms with Crippen LogP contribution >= 0.6 is 24.0 Å². The molecule has 1 aromatic carbocycles. The number of carbonyl (C=O) groups is 1. The molecule has 0 aliphatic heterocycles. The Labute approximate surface area is 194 Å². The van der Waals surface area contributed by atoms with Gasteiger partial charge in [0.1, 0.15) is 5.82 Å². The first-order chi connectivity index (χ1) is 14.0. The zero-order valence-electron chi connectivity index (χ0n) is 17.8. The number of halogens is 1. The van der Waals surface area contributed by atoms with Gasteiger partial charge in [0.15, 0.2) is 17.5 Å². The van der Waals surface area contributed by atoms with Crippen LogP contribution in [0.5, 0.6) is 11.5 Å². The van der Waals surface area contributed by atoms with Crippen molar-refractivity contribution in [3.8, 4) is 11.5 Å². The van der Waals surface area contributed by atoms with Crippen LogP contribution < -0.4 is 25.4 Å². The Morgan fingerprint density at radius 1 is 1.13 bits per heavy atom. The Morgan fingerprint density at radius 3 is 2.57 bits per heavy atom. The number of guanidine groups is 1. The zero-order valence-corrected chi connectivity index (χ0v) is 20.2. The molecule has 0 fully saturated rings. The van der Waals surface area contributed by atoms with E-state index < -0.39 is 0 Å². The maximum atomic E-state index is 12.1. The molecule has 0 saturated carbocycles. The number of nitrogens with one attached hydrogen (secondary N) is 3. The molecule has 8 nitrogen and oxygen atoms in total. The van der Waals surface area contributed by atoms with E-state index in [2.05, 4.69) is 25.9 Å². The second kappa shape index (κ2) is 13.6. The average Bonchev–Trinajstić information content (AvgIpc) is 2.71. The number of anilines is 2. The highest BCUT2D eigenvalue weighted by Gasteiger charge is 2.08. The van der Waals surface area contributed by atoms with E-state index in [0.29, 0.717) is 43.0 Å². The second-order valence-electron chi connectivity index (χ2n) is 6.20. The Hall–Kier alpha value is -2.56. The van der Waals surface area contributed by atoms with Crippen LogP contribution in [-0.4, -0.2) is 43.7 Å². The SMILES string of the molecule is CCNC(=NCCC(=O)Nc1ccc(C)cn1)Nc1ccc(OCC)c(OC)c1.I. The highest BCUT2D eigenvalue weighted by atomic mass is 127. The summed E-state index contributed by atoms with van der Waals surface area (Å²) in [4.78, 5) is 20.7. The van der Waals surface area contributed by atoms with E-state index in [-0.39, 0.29) is 36.3 Å². The van der Waals surface area contributed by atoms with E-state index in [9.17, 15) is 4.79 Å². The molecule has 1 amide bonds. The minimum absolute atomic E-state index is 0. The van der Waals surface area contributed by atoms with Gasteiger partial charge in [0.25, 0.3) is 0 Å². The van der Waals surface area contributed by atoms with Crippen molar-refractivity contribution in [2.45, 2.75) is 27.2 Å². The monoisotopic (exact) mass is 527 g/mol. The Morgan fingerprint density at radius 2 is 1.93 bits per heavy atom. The Balaban J connectivity index is 0.00000450. The molecule has 30 heavy (non-hydrogen) atoms. The molecule has 164 valence electrons. The fourth-order valence-electron chi connectivity index (χ4n) is 2.48. The lowest BCUT2D eigenvalue weighted by molar-refractivity contribution is -0.116. The molecule has 1 aromatic heterocycles. The van der Waals surface area contributed by atoms with Crippen LogP contribution in [0.1, 0.15) is 25.8 Å². The molecule has 9 heteroatoms. The van der Waals surface area contributed by atoms with Crippen molar-refractivity contribution in [3.63, 3.8) is 0 Å². The number of hydrogen-bond acceptors (Lipinski definition) is 5. The van der Waals surface area contributed by atoms with Gasteiger partial charge in [0.2, 0.25) is 5.91 Å². The summed E-state index contributed by atoms with van der Waals surface area (Å²) in [5.41, 5.74) is 1.85. The molecule has 0 bridgehead atoms. The molecule has 0 saturated heterocycles. The molecule has 3 N–H and O–H groups in total. The molecule has 0 unspecified atom stereocenters. The maximum absolute atomic E-state index is 12.1. The number of hydrogen-bond donors (Lipinski definition) is 3. The third-order valence-electron chi connectivity index (χ3n) is 3.86. The highest BCUT2D eigenvalue weighted by Crippen LogP contribution is 2.30. The van der Waals surface area contributed by atoms with Gasteiger partial charge in [-0.1, -0.05) is 6.07 Å². The van der Waals surface area contributed by atoms with E-state index in [1.807, 2.05) is 45.0 Å². The molecular weight excluding hydrogens is 497 g/mol. The molecular formula is C21H30IN5O3. The van der Waals surface area contributed by atoms with Gasteiger partial charge in [-0.3, -0.25) is 9.79 Å². The first-order valence-corrected chi connectivity index (χ1v) is 9.64. The predicted octanol–water partition coefficient (Wildman–Crippen LogP) is 3.82. The van der Waals surface area contributed by atoms with E-state index >= 15 is 0 Å². The molecule has 1 heterocycles. The lowest BCUT2D eigenvalue weighted by atomic mass is 10.2. The molecule has 0 atom stereocenters. The van der Waals surface area contributed by atoms with Crippen molar-refractivity contribution in [1.29, 1.82) is 0 Å². The first kappa shape index (κ1) is 25.5. The van der Waals surface area contributed by atoms with Crippen molar-refractivity contribution < 1.29 is 14.3 Å². The van der Waals surface area contributed by atoms with Crippen LogP contribution in [0.25, 0.3) is 0 Å². The predicted molar refractivity (Wildman–Crippen MR) is 131 cm³/mol. The lowest BCUT2D eigenvalue weighted by Gasteiger charge is -2.14. The van der Waals surface area contributed by atoms with Crippen molar-refractivity contribution in [2.24, 2.45) is 4.99 Å². The number of nitrogens with zero attached hydrogens (tertiary/aromatic N) is 2. The number of rotatable bonds is 9.